The number of ether oxygens (including phenoxy) is 1. The van der Waals surface area contributed by atoms with Gasteiger partial charge in [0.25, 0.3) is 0 Å². The zero-order chi connectivity index (χ0) is 19.2. The molecule has 1 aromatic carbocycles. The van der Waals surface area contributed by atoms with Crippen LogP contribution in [0.5, 0.6) is 0 Å². The number of nitrogens with zero attached hydrogens (tertiary/aromatic N) is 3. The van der Waals surface area contributed by atoms with Gasteiger partial charge >= 0.3 is 0 Å². The highest BCUT2D eigenvalue weighted by Gasteiger charge is 2.24. The number of oxime groups is 1. The van der Waals surface area contributed by atoms with Crippen LogP contribution >= 0.6 is 0 Å². The lowest BCUT2D eigenvalue weighted by Crippen LogP contribution is -2.39. The lowest BCUT2D eigenvalue weighted by molar-refractivity contribution is -0.118. The number of aryl methyl sites for hydroxylation is 1. The van der Waals surface area contributed by atoms with Gasteiger partial charge in [-0.25, -0.2) is 0 Å². The monoisotopic (exact) mass is 385 g/mol. The van der Waals surface area contributed by atoms with Crippen molar-refractivity contribution in [3.63, 3.8) is 0 Å². The van der Waals surface area contributed by atoms with Crippen molar-refractivity contribution in [2.45, 2.75) is 44.9 Å². The fourth-order valence-corrected chi connectivity index (χ4v) is 4.43. The first-order valence-electron chi connectivity index (χ1n) is 10.7. The van der Waals surface area contributed by atoms with E-state index in [1.165, 1.54) is 18.4 Å². The molecule has 6 nitrogen and oxygen atoms in total. The number of amides is 1. The van der Waals surface area contributed by atoms with Crippen LogP contribution in [-0.4, -0.2) is 56.1 Å². The van der Waals surface area contributed by atoms with Gasteiger partial charge in [0, 0.05) is 18.7 Å². The Morgan fingerprint density at radius 3 is 2.79 bits per heavy atom. The number of benzene rings is 1. The van der Waals surface area contributed by atoms with Crippen molar-refractivity contribution < 1.29 is 14.4 Å². The number of para-hydroxylation sites is 1. The molecule has 0 unspecified atom stereocenters. The summed E-state index contributed by atoms with van der Waals surface area (Å²) in [6.45, 7) is 5.61. The zero-order valence-electron chi connectivity index (χ0n) is 16.6. The predicted molar refractivity (Wildman–Crippen MR) is 109 cm³/mol. The van der Waals surface area contributed by atoms with E-state index in [1.54, 1.807) is 0 Å². The summed E-state index contributed by atoms with van der Waals surface area (Å²) in [4.78, 5) is 21.9. The molecule has 0 spiro atoms. The summed E-state index contributed by atoms with van der Waals surface area (Å²) in [5.74, 6) is 1.77. The molecule has 3 aliphatic rings. The van der Waals surface area contributed by atoms with Crippen LogP contribution in [0.1, 0.15) is 44.1 Å². The molecule has 152 valence electrons. The Kier molecular flexibility index (Phi) is 6.47. The van der Waals surface area contributed by atoms with Crippen LogP contribution in [0.2, 0.25) is 0 Å². The third kappa shape index (κ3) is 4.85. The van der Waals surface area contributed by atoms with Gasteiger partial charge in [0.1, 0.15) is 6.61 Å². The molecule has 28 heavy (non-hydrogen) atoms. The molecule has 3 aliphatic heterocycles. The first-order valence-corrected chi connectivity index (χ1v) is 10.7. The van der Waals surface area contributed by atoms with Crippen molar-refractivity contribution in [2.24, 2.45) is 11.1 Å². The second-order valence-corrected chi connectivity index (χ2v) is 8.02. The number of hydrogen-bond donors (Lipinski definition) is 0. The van der Waals surface area contributed by atoms with Crippen LogP contribution in [0.4, 0.5) is 5.69 Å². The Balaban J connectivity index is 1.14. The molecular formula is C22H31N3O3. The number of piperidine rings is 1. The Morgan fingerprint density at radius 1 is 1.11 bits per heavy atom. The minimum Gasteiger partial charge on any atom is -0.479 e. The number of likely N-dealkylation sites (tertiary alicyclic amines) is 1. The fourth-order valence-electron chi connectivity index (χ4n) is 4.43. The van der Waals surface area contributed by atoms with Crippen LogP contribution < -0.4 is 4.90 Å². The minimum absolute atomic E-state index is 0.273. The van der Waals surface area contributed by atoms with Gasteiger partial charge in [0.05, 0.1) is 13.0 Å². The van der Waals surface area contributed by atoms with Crippen LogP contribution in [0.15, 0.2) is 29.4 Å². The number of anilines is 1. The summed E-state index contributed by atoms with van der Waals surface area (Å²) >= 11 is 0. The first kappa shape index (κ1) is 19.2. The molecule has 0 aromatic heterocycles. The molecule has 0 bridgehead atoms. The number of rotatable bonds is 7. The van der Waals surface area contributed by atoms with E-state index in [0.717, 1.165) is 76.0 Å². The summed E-state index contributed by atoms with van der Waals surface area (Å²) in [6.07, 6.45) is 6.93. The molecular weight excluding hydrogens is 354 g/mol. The molecule has 1 aromatic rings. The highest BCUT2D eigenvalue weighted by Crippen LogP contribution is 2.28. The van der Waals surface area contributed by atoms with Crippen molar-refractivity contribution in [2.75, 3.05) is 44.3 Å². The van der Waals surface area contributed by atoms with Gasteiger partial charge in [-0.15, -0.1) is 0 Å². The van der Waals surface area contributed by atoms with E-state index in [4.69, 9.17) is 9.57 Å². The molecule has 1 fully saturated rings. The normalized spacial score (nSPS) is 20.6. The topological polar surface area (TPSA) is 54.4 Å². The third-order valence-electron chi connectivity index (χ3n) is 6.12. The van der Waals surface area contributed by atoms with E-state index in [2.05, 4.69) is 28.3 Å². The van der Waals surface area contributed by atoms with Crippen molar-refractivity contribution in [3.8, 4) is 0 Å². The zero-order valence-corrected chi connectivity index (χ0v) is 16.6. The summed E-state index contributed by atoms with van der Waals surface area (Å²) in [5, 5.41) is 3.88. The van der Waals surface area contributed by atoms with Crippen LogP contribution in [0, 0.1) is 5.92 Å². The van der Waals surface area contributed by atoms with Crippen molar-refractivity contribution in [1.29, 1.82) is 0 Å². The van der Waals surface area contributed by atoms with Gasteiger partial charge < -0.3 is 19.4 Å². The highest BCUT2D eigenvalue weighted by atomic mass is 16.7. The Hall–Kier alpha value is -2.08. The molecule has 1 saturated heterocycles. The Morgan fingerprint density at radius 2 is 1.96 bits per heavy atom. The molecule has 4 rings (SSSR count). The van der Waals surface area contributed by atoms with Gasteiger partial charge in [0.2, 0.25) is 11.8 Å². The maximum absolute atomic E-state index is 12.4. The number of hydrogen-bond acceptors (Lipinski definition) is 5. The van der Waals surface area contributed by atoms with E-state index >= 15 is 0 Å². The quantitative estimate of drug-likeness (QED) is 0.723. The van der Waals surface area contributed by atoms with Crippen molar-refractivity contribution in [3.05, 3.63) is 29.8 Å². The van der Waals surface area contributed by atoms with E-state index in [1.807, 2.05) is 11.0 Å². The molecule has 1 amide bonds. The van der Waals surface area contributed by atoms with Crippen LogP contribution in [0.3, 0.4) is 0 Å². The summed E-state index contributed by atoms with van der Waals surface area (Å²) < 4.78 is 5.68. The largest absolute Gasteiger partial charge is 0.479 e. The van der Waals surface area contributed by atoms with E-state index in [-0.39, 0.29) is 5.91 Å². The van der Waals surface area contributed by atoms with E-state index < -0.39 is 0 Å². The molecule has 6 heteroatoms. The molecule has 3 heterocycles. The standard InChI is InChI=1S/C22H31N3O3/c26-22-7-6-19-4-1-2-5-20(19)25(22)13-3-12-24-14-8-18(9-15-24)10-16-27-21-11-17-28-23-21/h1-2,4-5,18H,3,6-17H2. The Labute approximate surface area is 167 Å². The number of fused-ring (bicyclic) bond motifs is 1. The molecule has 0 radical (unpaired) electrons. The van der Waals surface area contributed by atoms with Gasteiger partial charge in [0.15, 0.2) is 0 Å². The summed E-state index contributed by atoms with van der Waals surface area (Å²) in [6, 6.07) is 8.33. The molecule has 0 saturated carbocycles. The smallest absolute Gasteiger partial charge is 0.229 e. The first-order chi connectivity index (χ1) is 13.8. The highest BCUT2D eigenvalue weighted by molar-refractivity contribution is 5.96. The molecule has 0 atom stereocenters. The predicted octanol–water partition coefficient (Wildman–Crippen LogP) is 3.21. The number of carbonyl (C=O) groups is 1. The van der Waals surface area contributed by atoms with Gasteiger partial charge in [-0.2, -0.15) is 0 Å². The fraction of sp³-hybridized carbons (Fsp3) is 0.636. The van der Waals surface area contributed by atoms with Gasteiger partial charge in [-0.1, -0.05) is 23.4 Å². The van der Waals surface area contributed by atoms with E-state index in [0.29, 0.717) is 13.0 Å². The summed E-state index contributed by atoms with van der Waals surface area (Å²) in [7, 11) is 0. The maximum Gasteiger partial charge on any atom is 0.229 e. The van der Waals surface area contributed by atoms with Gasteiger partial charge in [-0.3, -0.25) is 4.79 Å². The SMILES string of the molecule is O=C1CCc2ccccc2N1CCCN1CCC(CCOC2=NOCC2)CC1. The third-order valence-corrected chi connectivity index (χ3v) is 6.12. The average molecular weight is 386 g/mol. The van der Waals surface area contributed by atoms with Crippen LogP contribution in [0.25, 0.3) is 0 Å². The summed E-state index contributed by atoms with van der Waals surface area (Å²) in [5.41, 5.74) is 2.43. The van der Waals surface area contributed by atoms with Crippen LogP contribution in [-0.2, 0) is 20.8 Å². The number of carbonyl (C=O) groups excluding carboxylic acids is 1. The van der Waals surface area contributed by atoms with Gasteiger partial charge in [-0.05, 0) is 69.3 Å². The van der Waals surface area contributed by atoms with Crippen molar-refractivity contribution >= 4 is 17.5 Å². The Bertz CT molecular complexity index is 698. The average Bonchev–Trinajstić information content (AvgIpc) is 3.24. The molecule has 0 N–H and O–H groups in total. The lowest BCUT2D eigenvalue weighted by atomic mass is 9.94. The second kappa shape index (κ2) is 9.41. The van der Waals surface area contributed by atoms with Crippen molar-refractivity contribution in [1.82, 2.24) is 4.90 Å². The van der Waals surface area contributed by atoms with E-state index in [9.17, 15) is 4.79 Å². The molecule has 0 aliphatic carbocycles. The maximum atomic E-state index is 12.4. The minimum atomic E-state index is 0.273. The lowest BCUT2D eigenvalue weighted by Gasteiger charge is -2.33. The second-order valence-electron chi connectivity index (χ2n) is 8.02.